The van der Waals surface area contributed by atoms with Crippen LogP contribution < -0.4 is 11.1 Å². The average Bonchev–Trinajstić information content (AvgIpc) is 3.06. The molecule has 2 aliphatic heterocycles. The third-order valence-electron chi connectivity index (χ3n) is 5.19. The van der Waals surface area contributed by atoms with Crippen LogP contribution >= 0.6 is 24.8 Å². The van der Waals surface area contributed by atoms with Gasteiger partial charge in [0.2, 0.25) is 17.7 Å². The summed E-state index contributed by atoms with van der Waals surface area (Å²) in [6.07, 6.45) is 3.03. The van der Waals surface area contributed by atoms with Gasteiger partial charge in [0.15, 0.2) is 0 Å². The standard InChI is InChI=1S/C18H33N5O3.2ClH/c1-14(2)17(19)18(26)20-12-15(24)23-9-5-6-21(10-11-23)13-16(25)22-7-3-4-8-22;;/h14,17H,3-13,19H2,1-2H3,(H,20,26);2*1H/t17-;;/m0../s1. The average molecular weight is 440 g/mol. The Bertz CT molecular complexity index is 515. The van der Waals surface area contributed by atoms with E-state index in [-0.39, 0.29) is 55.0 Å². The van der Waals surface area contributed by atoms with Crippen molar-refractivity contribution in [3.8, 4) is 0 Å². The first-order chi connectivity index (χ1) is 12.4. The highest BCUT2D eigenvalue weighted by Gasteiger charge is 2.24. The van der Waals surface area contributed by atoms with Crippen molar-refractivity contribution in [1.29, 1.82) is 0 Å². The maximum absolute atomic E-state index is 12.4. The Morgan fingerprint density at radius 1 is 0.857 bits per heavy atom. The molecule has 1 atom stereocenters. The number of hydrogen-bond acceptors (Lipinski definition) is 5. The zero-order chi connectivity index (χ0) is 19.1. The number of nitrogens with one attached hydrogen (secondary N) is 1. The molecule has 3 amide bonds. The van der Waals surface area contributed by atoms with E-state index in [1.807, 2.05) is 18.7 Å². The van der Waals surface area contributed by atoms with Crippen LogP contribution in [0.1, 0.15) is 33.1 Å². The van der Waals surface area contributed by atoms with Gasteiger partial charge in [0.05, 0.1) is 19.1 Å². The van der Waals surface area contributed by atoms with Gasteiger partial charge in [-0.25, -0.2) is 0 Å². The molecule has 2 fully saturated rings. The quantitative estimate of drug-likeness (QED) is 0.610. The highest BCUT2D eigenvalue weighted by Crippen LogP contribution is 2.09. The number of hydrogen-bond donors (Lipinski definition) is 2. The summed E-state index contributed by atoms with van der Waals surface area (Å²) in [7, 11) is 0. The van der Waals surface area contributed by atoms with E-state index in [9.17, 15) is 14.4 Å². The Morgan fingerprint density at radius 2 is 1.43 bits per heavy atom. The number of carbonyl (C=O) groups excluding carboxylic acids is 3. The van der Waals surface area contributed by atoms with Crippen molar-refractivity contribution < 1.29 is 14.4 Å². The lowest BCUT2D eigenvalue weighted by molar-refractivity contribution is -0.133. The fraction of sp³-hybridized carbons (Fsp3) is 0.833. The van der Waals surface area contributed by atoms with E-state index in [2.05, 4.69) is 10.2 Å². The Kier molecular flexibility index (Phi) is 12.7. The lowest BCUT2D eigenvalue weighted by Gasteiger charge is -2.24. The van der Waals surface area contributed by atoms with Crippen LogP contribution in [0.25, 0.3) is 0 Å². The van der Waals surface area contributed by atoms with Crippen molar-refractivity contribution in [2.24, 2.45) is 11.7 Å². The predicted octanol–water partition coefficient (Wildman–Crippen LogP) is 0.0862. The summed E-state index contributed by atoms with van der Waals surface area (Å²) in [5.41, 5.74) is 5.79. The summed E-state index contributed by atoms with van der Waals surface area (Å²) < 4.78 is 0. The van der Waals surface area contributed by atoms with Crippen LogP contribution in [-0.4, -0.2) is 90.8 Å². The molecule has 0 aromatic rings. The second-order valence-corrected chi connectivity index (χ2v) is 7.59. The normalized spacial score (nSPS) is 18.7. The summed E-state index contributed by atoms with van der Waals surface area (Å²) in [6, 6.07) is -0.598. The second kappa shape index (κ2) is 13.2. The van der Waals surface area contributed by atoms with Gasteiger partial charge in [-0.05, 0) is 25.2 Å². The first-order valence-corrected chi connectivity index (χ1v) is 9.69. The lowest BCUT2D eigenvalue weighted by Crippen LogP contribution is -2.48. The van der Waals surface area contributed by atoms with Gasteiger partial charge in [-0.1, -0.05) is 13.8 Å². The van der Waals surface area contributed by atoms with Crippen molar-refractivity contribution in [1.82, 2.24) is 20.0 Å². The van der Waals surface area contributed by atoms with Gasteiger partial charge in [-0.3, -0.25) is 19.3 Å². The number of rotatable bonds is 6. The molecule has 0 saturated carbocycles. The van der Waals surface area contributed by atoms with Crippen molar-refractivity contribution in [3.05, 3.63) is 0 Å². The summed E-state index contributed by atoms with van der Waals surface area (Å²) >= 11 is 0. The van der Waals surface area contributed by atoms with Gasteiger partial charge >= 0.3 is 0 Å². The monoisotopic (exact) mass is 439 g/mol. The highest BCUT2D eigenvalue weighted by molar-refractivity contribution is 5.87. The van der Waals surface area contributed by atoms with Crippen molar-refractivity contribution in [2.45, 2.75) is 39.2 Å². The van der Waals surface area contributed by atoms with Crippen LogP contribution in [0.4, 0.5) is 0 Å². The summed E-state index contributed by atoms with van der Waals surface area (Å²) in [5, 5.41) is 2.63. The summed E-state index contributed by atoms with van der Waals surface area (Å²) in [5.74, 6) is -0.162. The number of carbonyl (C=O) groups is 3. The Labute approximate surface area is 180 Å². The molecule has 2 aliphatic rings. The minimum absolute atomic E-state index is 0. The predicted molar refractivity (Wildman–Crippen MR) is 114 cm³/mol. The van der Waals surface area contributed by atoms with E-state index in [4.69, 9.17) is 5.73 Å². The molecule has 0 bridgehead atoms. The molecule has 10 heteroatoms. The second-order valence-electron chi connectivity index (χ2n) is 7.59. The molecule has 3 N–H and O–H groups in total. The molecular weight excluding hydrogens is 405 g/mol. The first kappa shape index (κ1) is 26.9. The minimum Gasteiger partial charge on any atom is -0.346 e. The zero-order valence-electron chi connectivity index (χ0n) is 16.9. The molecule has 0 unspecified atom stereocenters. The smallest absolute Gasteiger partial charge is 0.242 e. The van der Waals surface area contributed by atoms with Crippen LogP contribution in [-0.2, 0) is 14.4 Å². The van der Waals surface area contributed by atoms with Crippen LogP contribution in [0.2, 0.25) is 0 Å². The zero-order valence-corrected chi connectivity index (χ0v) is 18.5. The minimum atomic E-state index is -0.598. The van der Waals surface area contributed by atoms with Crippen molar-refractivity contribution >= 4 is 42.5 Å². The highest BCUT2D eigenvalue weighted by atomic mass is 35.5. The molecule has 0 spiro atoms. The van der Waals surface area contributed by atoms with Crippen LogP contribution in [0.15, 0.2) is 0 Å². The Morgan fingerprint density at radius 3 is 2.04 bits per heavy atom. The van der Waals surface area contributed by atoms with E-state index in [0.717, 1.165) is 38.9 Å². The maximum atomic E-state index is 12.4. The number of nitrogens with two attached hydrogens (primary N) is 1. The topological polar surface area (TPSA) is 99.0 Å². The number of likely N-dealkylation sites (tertiary alicyclic amines) is 1. The first-order valence-electron chi connectivity index (χ1n) is 9.69. The summed E-state index contributed by atoms with van der Waals surface area (Å²) in [4.78, 5) is 42.3. The van der Waals surface area contributed by atoms with Gasteiger partial charge in [0.1, 0.15) is 0 Å². The SMILES string of the molecule is CC(C)[C@H](N)C(=O)NCC(=O)N1CCCN(CC(=O)N2CCCC2)CC1.Cl.Cl. The van der Waals surface area contributed by atoms with Gasteiger partial charge in [0.25, 0.3) is 0 Å². The van der Waals surface area contributed by atoms with E-state index >= 15 is 0 Å². The maximum Gasteiger partial charge on any atom is 0.242 e. The summed E-state index contributed by atoms with van der Waals surface area (Å²) in [6.45, 7) is 8.63. The largest absolute Gasteiger partial charge is 0.346 e. The van der Waals surface area contributed by atoms with Crippen LogP contribution in [0, 0.1) is 5.92 Å². The van der Waals surface area contributed by atoms with Crippen molar-refractivity contribution in [3.63, 3.8) is 0 Å². The molecule has 2 rings (SSSR count). The van der Waals surface area contributed by atoms with Gasteiger partial charge in [-0.2, -0.15) is 0 Å². The van der Waals surface area contributed by atoms with Gasteiger partial charge in [-0.15, -0.1) is 24.8 Å². The molecule has 0 aliphatic carbocycles. The molecular formula is C18H35Cl2N5O3. The molecule has 0 aromatic heterocycles. The molecule has 164 valence electrons. The Hall–Kier alpha value is -1.09. The molecule has 8 nitrogen and oxygen atoms in total. The molecule has 2 heterocycles. The van der Waals surface area contributed by atoms with E-state index < -0.39 is 6.04 Å². The third-order valence-corrected chi connectivity index (χ3v) is 5.19. The van der Waals surface area contributed by atoms with Gasteiger partial charge < -0.3 is 20.9 Å². The van der Waals surface area contributed by atoms with E-state index in [0.29, 0.717) is 26.2 Å². The van der Waals surface area contributed by atoms with E-state index in [1.165, 1.54) is 0 Å². The lowest BCUT2D eigenvalue weighted by atomic mass is 10.1. The molecule has 0 aromatic carbocycles. The van der Waals surface area contributed by atoms with Crippen LogP contribution in [0.5, 0.6) is 0 Å². The fourth-order valence-electron chi connectivity index (χ4n) is 3.33. The third kappa shape index (κ3) is 8.11. The fourth-order valence-corrected chi connectivity index (χ4v) is 3.33. The Balaban J connectivity index is 0.00000364. The van der Waals surface area contributed by atoms with Crippen molar-refractivity contribution in [2.75, 3.05) is 52.4 Å². The molecule has 0 radical (unpaired) electrons. The molecule has 28 heavy (non-hydrogen) atoms. The molecule has 2 saturated heterocycles. The number of halogens is 2. The van der Waals surface area contributed by atoms with E-state index in [1.54, 1.807) is 4.90 Å². The number of nitrogens with zero attached hydrogens (tertiary/aromatic N) is 3. The van der Waals surface area contributed by atoms with Crippen LogP contribution in [0.3, 0.4) is 0 Å². The number of amides is 3. The van der Waals surface area contributed by atoms with Gasteiger partial charge in [0, 0.05) is 39.3 Å².